The van der Waals surface area contributed by atoms with Crippen LogP contribution < -0.4 is 0 Å². The standard InChI is InChI=1S/C7H5F2NO4S/c8-7(9)15(13,14)5-1-4(6(11)12)2-10-3-5/h1-3,7H,(H,11,12). The van der Waals surface area contributed by atoms with E-state index in [0.29, 0.717) is 12.3 Å². The molecule has 15 heavy (non-hydrogen) atoms. The van der Waals surface area contributed by atoms with Gasteiger partial charge in [0, 0.05) is 12.4 Å². The topological polar surface area (TPSA) is 84.3 Å². The number of carboxylic acids is 1. The molecule has 0 aliphatic carbocycles. The molecular formula is C7H5F2NO4S. The Hall–Kier alpha value is -1.57. The number of aromatic carboxylic acids is 1. The van der Waals surface area contributed by atoms with Gasteiger partial charge in [-0.25, -0.2) is 13.2 Å². The van der Waals surface area contributed by atoms with Crippen molar-refractivity contribution in [1.82, 2.24) is 4.98 Å². The Bertz CT molecular complexity index is 486. The van der Waals surface area contributed by atoms with E-state index in [-0.39, 0.29) is 0 Å². The predicted molar refractivity (Wildman–Crippen MR) is 44.4 cm³/mol. The van der Waals surface area contributed by atoms with Gasteiger partial charge >= 0.3 is 11.7 Å². The van der Waals surface area contributed by atoms with Gasteiger partial charge in [0.15, 0.2) is 0 Å². The van der Waals surface area contributed by atoms with Crippen LogP contribution in [0.1, 0.15) is 10.4 Å². The summed E-state index contributed by atoms with van der Waals surface area (Å²) in [6.07, 6.45) is 1.54. The predicted octanol–water partition coefficient (Wildman–Crippen LogP) is 0.776. The number of rotatable bonds is 3. The molecule has 0 aliphatic heterocycles. The zero-order valence-corrected chi connectivity index (χ0v) is 7.91. The van der Waals surface area contributed by atoms with Crippen LogP contribution in [0.4, 0.5) is 8.78 Å². The van der Waals surface area contributed by atoms with Crippen molar-refractivity contribution in [2.75, 3.05) is 0 Å². The van der Waals surface area contributed by atoms with Crippen LogP contribution in [-0.4, -0.2) is 30.2 Å². The van der Waals surface area contributed by atoms with Gasteiger partial charge in [-0.15, -0.1) is 0 Å². The first-order valence-corrected chi connectivity index (χ1v) is 5.10. The van der Waals surface area contributed by atoms with E-state index in [1.807, 2.05) is 0 Å². The zero-order chi connectivity index (χ0) is 11.6. The molecule has 0 aromatic carbocycles. The lowest BCUT2D eigenvalue weighted by atomic mass is 10.3. The van der Waals surface area contributed by atoms with Crippen LogP contribution in [0.2, 0.25) is 0 Å². The van der Waals surface area contributed by atoms with E-state index in [4.69, 9.17) is 5.11 Å². The number of aromatic nitrogens is 1. The summed E-state index contributed by atoms with van der Waals surface area (Å²) in [5.74, 6) is -5.03. The molecule has 1 rings (SSSR count). The maximum absolute atomic E-state index is 12.1. The molecule has 1 aromatic rings. The number of hydrogen-bond acceptors (Lipinski definition) is 4. The van der Waals surface area contributed by atoms with E-state index < -0.39 is 32.0 Å². The summed E-state index contributed by atoms with van der Waals surface area (Å²) in [6, 6.07) is 0.636. The number of halogens is 2. The molecule has 0 saturated heterocycles. The number of nitrogens with zero attached hydrogens (tertiary/aromatic N) is 1. The second kappa shape index (κ2) is 3.89. The second-order valence-electron chi connectivity index (χ2n) is 2.52. The first-order chi connectivity index (χ1) is 6.85. The number of sulfone groups is 1. The van der Waals surface area contributed by atoms with Crippen molar-refractivity contribution in [2.45, 2.75) is 10.7 Å². The molecular weight excluding hydrogens is 232 g/mol. The van der Waals surface area contributed by atoms with E-state index >= 15 is 0 Å². The second-order valence-corrected chi connectivity index (χ2v) is 4.44. The monoisotopic (exact) mass is 237 g/mol. The summed E-state index contributed by atoms with van der Waals surface area (Å²) < 4.78 is 46.0. The SMILES string of the molecule is O=C(O)c1cncc(S(=O)(=O)C(F)F)c1. The maximum Gasteiger partial charge on any atom is 0.341 e. The average Bonchev–Trinajstić information content (AvgIpc) is 2.17. The fourth-order valence-corrected chi connectivity index (χ4v) is 1.50. The molecule has 1 heterocycles. The molecule has 0 spiro atoms. The summed E-state index contributed by atoms with van der Waals surface area (Å²) >= 11 is 0. The molecule has 0 atom stereocenters. The van der Waals surface area contributed by atoms with Crippen LogP contribution in [0.3, 0.4) is 0 Å². The van der Waals surface area contributed by atoms with Crippen molar-refractivity contribution < 1.29 is 27.1 Å². The minimum Gasteiger partial charge on any atom is -0.478 e. The molecule has 5 nitrogen and oxygen atoms in total. The van der Waals surface area contributed by atoms with Crippen LogP contribution in [0.25, 0.3) is 0 Å². The lowest BCUT2D eigenvalue weighted by Crippen LogP contribution is -2.12. The molecule has 0 unspecified atom stereocenters. The molecule has 8 heteroatoms. The molecule has 0 bridgehead atoms. The van der Waals surface area contributed by atoms with Crippen molar-refractivity contribution in [3.8, 4) is 0 Å². The summed E-state index contributed by atoms with van der Waals surface area (Å²) in [6.45, 7) is 0. The van der Waals surface area contributed by atoms with Crippen LogP contribution in [0, 0.1) is 0 Å². The highest BCUT2D eigenvalue weighted by Crippen LogP contribution is 2.17. The molecule has 0 aliphatic rings. The summed E-state index contributed by atoms with van der Waals surface area (Å²) in [5.41, 5.74) is -0.461. The van der Waals surface area contributed by atoms with Crippen LogP contribution in [0.15, 0.2) is 23.4 Å². The zero-order valence-electron chi connectivity index (χ0n) is 7.09. The van der Waals surface area contributed by atoms with Gasteiger partial charge in [-0.05, 0) is 6.07 Å². The molecule has 82 valence electrons. The Morgan fingerprint density at radius 1 is 1.40 bits per heavy atom. The van der Waals surface area contributed by atoms with Crippen LogP contribution in [-0.2, 0) is 9.84 Å². The van der Waals surface area contributed by atoms with Gasteiger partial charge in [-0.1, -0.05) is 0 Å². The van der Waals surface area contributed by atoms with Crippen molar-refractivity contribution in [2.24, 2.45) is 0 Å². The normalized spacial score (nSPS) is 11.7. The largest absolute Gasteiger partial charge is 0.478 e. The quantitative estimate of drug-likeness (QED) is 0.839. The van der Waals surface area contributed by atoms with E-state index in [0.717, 1.165) is 6.20 Å². The molecule has 0 fully saturated rings. The highest BCUT2D eigenvalue weighted by Gasteiger charge is 2.27. The first kappa shape index (κ1) is 11.5. The third-order valence-corrected chi connectivity index (χ3v) is 2.87. The van der Waals surface area contributed by atoms with E-state index in [1.165, 1.54) is 0 Å². The Balaban J connectivity index is 3.29. The minimum atomic E-state index is -4.79. The third-order valence-electron chi connectivity index (χ3n) is 1.52. The Kier molecular flexibility index (Phi) is 2.98. The minimum absolute atomic E-state index is 0.461. The van der Waals surface area contributed by atoms with Crippen molar-refractivity contribution >= 4 is 15.8 Å². The van der Waals surface area contributed by atoms with Gasteiger partial charge in [0.1, 0.15) is 0 Å². The fraction of sp³-hybridized carbons (Fsp3) is 0.143. The highest BCUT2D eigenvalue weighted by atomic mass is 32.2. The van der Waals surface area contributed by atoms with Crippen molar-refractivity contribution in [1.29, 1.82) is 0 Å². The van der Waals surface area contributed by atoms with Gasteiger partial charge < -0.3 is 5.11 Å². The van der Waals surface area contributed by atoms with E-state index in [1.54, 1.807) is 0 Å². The lowest BCUT2D eigenvalue weighted by Gasteiger charge is -2.02. The Labute approximate surface area is 83.3 Å². The van der Waals surface area contributed by atoms with E-state index in [2.05, 4.69) is 4.98 Å². The van der Waals surface area contributed by atoms with Crippen LogP contribution >= 0.6 is 0 Å². The number of alkyl halides is 2. The van der Waals surface area contributed by atoms with Gasteiger partial charge in [0.05, 0.1) is 10.5 Å². The van der Waals surface area contributed by atoms with Crippen molar-refractivity contribution in [3.05, 3.63) is 24.0 Å². The molecule has 1 aromatic heterocycles. The van der Waals surface area contributed by atoms with E-state index in [9.17, 15) is 22.0 Å². The summed E-state index contributed by atoms with van der Waals surface area (Å²) in [5, 5.41) is 8.49. The van der Waals surface area contributed by atoms with Crippen molar-refractivity contribution in [3.63, 3.8) is 0 Å². The fourth-order valence-electron chi connectivity index (χ4n) is 0.794. The average molecular weight is 237 g/mol. The van der Waals surface area contributed by atoms with Crippen LogP contribution in [0.5, 0.6) is 0 Å². The van der Waals surface area contributed by atoms with Gasteiger partial charge in [-0.3, -0.25) is 4.98 Å². The molecule has 1 N–H and O–H groups in total. The number of hydrogen-bond donors (Lipinski definition) is 1. The van der Waals surface area contributed by atoms with Gasteiger partial charge in [0.25, 0.3) is 0 Å². The van der Waals surface area contributed by atoms with Gasteiger partial charge in [0.2, 0.25) is 9.84 Å². The smallest absolute Gasteiger partial charge is 0.341 e. The maximum atomic E-state index is 12.1. The number of pyridine rings is 1. The lowest BCUT2D eigenvalue weighted by molar-refractivity contribution is 0.0696. The number of carboxylic acid groups (broad SMARTS) is 1. The Morgan fingerprint density at radius 2 is 2.00 bits per heavy atom. The first-order valence-electron chi connectivity index (χ1n) is 3.56. The number of carbonyl (C=O) groups is 1. The summed E-state index contributed by atoms with van der Waals surface area (Å²) in [7, 11) is -4.79. The molecule has 0 saturated carbocycles. The van der Waals surface area contributed by atoms with Gasteiger partial charge in [-0.2, -0.15) is 8.78 Å². The third kappa shape index (κ3) is 2.27. The summed E-state index contributed by atoms with van der Waals surface area (Å²) in [4.78, 5) is 12.9. The molecule has 0 radical (unpaired) electrons. The molecule has 0 amide bonds. The highest BCUT2D eigenvalue weighted by molar-refractivity contribution is 7.91. The Morgan fingerprint density at radius 3 is 2.47 bits per heavy atom.